The Bertz CT molecular complexity index is 810. The number of nitrogens with one attached hydrogen (secondary N) is 2. The molecule has 148 valence electrons. The number of aliphatic hydroxyl groups is 1. The number of aliphatic hydroxyl groups excluding tert-OH is 1. The molecule has 0 spiro atoms. The van der Waals surface area contributed by atoms with E-state index in [1.165, 1.54) is 6.07 Å². The van der Waals surface area contributed by atoms with Gasteiger partial charge in [0.05, 0.1) is 23.6 Å². The van der Waals surface area contributed by atoms with Gasteiger partial charge in [-0.05, 0) is 18.6 Å². The molecule has 1 saturated heterocycles. The first kappa shape index (κ1) is 21.2. The normalized spacial score (nSPS) is 19.6. The lowest BCUT2D eigenvalue weighted by atomic mass is 10.1. The number of carbonyl (C=O) groups is 1. The van der Waals surface area contributed by atoms with Gasteiger partial charge in [0.2, 0.25) is 0 Å². The lowest BCUT2D eigenvalue weighted by molar-refractivity contribution is -0.143. The number of rotatable bonds is 4. The highest BCUT2D eigenvalue weighted by Crippen LogP contribution is 2.34. The maximum atomic E-state index is 13.6. The second-order valence-electron chi connectivity index (χ2n) is 6.30. The number of para-hydroxylation sites is 1. The number of alkyl halides is 3. The van der Waals surface area contributed by atoms with E-state index in [0.717, 1.165) is 10.9 Å². The van der Waals surface area contributed by atoms with Gasteiger partial charge in [0.1, 0.15) is 0 Å². The Morgan fingerprint density at radius 2 is 2.07 bits per heavy atom. The van der Waals surface area contributed by atoms with E-state index >= 15 is 0 Å². The Morgan fingerprint density at radius 3 is 2.67 bits per heavy atom. The predicted octanol–water partition coefficient (Wildman–Crippen LogP) is 1.93. The van der Waals surface area contributed by atoms with E-state index in [4.69, 9.17) is 0 Å². The highest BCUT2D eigenvalue weighted by Gasteiger charge is 2.41. The average Bonchev–Trinajstić information content (AvgIpc) is 3.19. The van der Waals surface area contributed by atoms with Crippen LogP contribution in [0.15, 0.2) is 30.5 Å². The predicted molar refractivity (Wildman–Crippen MR) is 95.3 cm³/mol. The quantitative estimate of drug-likeness (QED) is 0.727. The minimum Gasteiger partial charge on any atom is -0.391 e. The van der Waals surface area contributed by atoms with Crippen molar-refractivity contribution in [1.29, 1.82) is 0 Å². The van der Waals surface area contributed by atoms with Crippen molar-refractivity contribution in [3.63, 3.8) is 0 Å². The Balaban J connectivity index is 0.00000261. The second kappa shape index (κ2) is 8.28. The molecule has 1 aliphatic rings. The zero-order valence-corrected chi connectivity index (χ0v) is 15.3. The molecule has 0 saturated carbocycles. The second-order valence-corrected chi connectivity index (χ2v) is 6.30. The first-order chi connectivity index (χ1) is 12.3. The fraction of sp³-hybridized carbons (Fsp3) is 0.412. The van der Waals surface area contributed by atoms with Crippen LogP contribution in [0, 0.1) is 12.8 Å². The van der Waals surface area contributed by atoms with Crippen molar-refractivity contribution in [3.8, 4) is 5.69 Å². The van der Waals surface area contributed by atoms with Gasteiger partial charge in [-0.15, -0.1) is 12.4 Å². The van der Waals surface area contributed by atoms with E-state index in [9.17, 15) is 23.1 Å². The molecule has 1 aromatic heterocycles. The highest BCUT2D eigenvalue weighted by molar-refractivity contribution is 5.95. The molecule has 27 heavy (non-hydrogen) atoms. The standard InChI is InChI=1S/C17H19F3N4O2.ClH/c1-10-4-2-3-5-13(10)24-15(17(18,19)20)12(8-23-24)16(26)22-7-11-6-21-9-14(11)25;/h2-5,8,11,14,21,25H,6-7,9H2,1H3,(H,22,26);1H. The number of halogens is 4. The maximum Gasteiger partial charge on any atom is 0.434 e. The number of aromatic nitrogens is 2. The molecule has 1 aromatic carbocycles. The summed E-state index contributed by atoms with van der Waals surface area (Å²) in [5.74, 6) is -1.10. The van der Waals surface area contributed by atoms with Crippen LogP contribution in [-0.4, -0.2) is 46.5 Å². The van der Waals surface area contributed by atoms with Gasteiger partial charge < -0.3 is 15.7 Å². The van der Waals surface area contributed by atoms with Gasteiger partial charge in [-0.3, -0.25) is 4.79 Å². The first-order valence-corrected chi connectivity index (χ1v) is 8.17. The van der Waals surface area contributed by atoms with Gasteiger partial charge >= 0.3 is 6.18 Å². The third-order valence-corrected chi connectivity index (χ3v) is 4.45. The fourth-order valence-corrected chi connectivity index (χ4v) is 3.02. The van der Waals surface area contributed by atoms with Crippen molar-refractivity contribution in [2.75, 3.05) is 19.6 Å². The maximum absolute atomic E-state index is 13.6. The third-order valence-electron chi connectivity index (χ3n) is 4.45. The number of amides is 1. The summed E-state index contributed by atoms with van der Waals surface area (Å²) in [5, 5.41) is 19.0. The molecule has 1 fully saturated rings. The van der Waals surface area contributed by atoms with Gasteiger partial charge in [-0.1, -0.05) is 18.2 Å². The molecular formula is C17H20ClF3N4O2. The molecular weight excluding hydrogens is 385 g/mol. The summed E-state index contributed by atoms with van der Waals surface area (Å²) in [7, 11) is 0. The Kier molecular flexibility index (Phi) is 6.50. The van der Waals surface area contributed by atoms with Crippen LogP contribution in [0.1, 0.15) is 21.6 Å². The summed E-state index contributed by atoms with van der Waals surface area (Å²) in [4.78, 5) is 12.3. The topological polar surface area (TPSA) is 79.2 Å². The van der Waals surface area contributed by atoms with Gasteiger partial charge in [0, 0.05) is 25.6 Å². The zero-order chi connectivity index (χ0) is 18.9. The van der Waals surface area contributed by atoms with Crippen molar-refractivity contribution >= 4 is 18.3 Å². The molecule has 3 rings (SSSR count). The summed E-state index contributed by atoms with van der Waals surface area (Å²) in [5.41, 5.74) is -0.793. The number of hydrogen-bond donors (Lipinski definition) is 3. The lowest BCUT2D eigenvalue weighted by Crippen LogP contribution is -2.35. The van der Waals surface area contributed by atoms with Gasteiger partial charge in [0.15, 0.2) is 5.69 Å². The Morgan fingerprint density at radius 1 is 1.37 bits per heavy atom. The van der Waals surface area contributed by atoms with Crippen LogP contribution in [0.4, 0.5) is 13.2 Å². The molecule has 10 heteroatoms. The molecule has 2 unspecified atom stereocenters. The summed E-state index contributed by atoms with van der Waals surface area (Å²) < 4.78 is 41.6. The first-order valence-electron chi connectivity index (χ1n) is 8.17. The zero-order valence-electron chi connectivity index (χ0n) is 14.5. The van der Waals surface area contributed by atoms with E-state index in [0.29, 0.717) is 18.7 Å². The molecule has 0 aliphatic carbocycles. The molecule has 0 radical (unpaired) electrons. The van der Waals surface area contributed by atoms with Crippen LogP contribution in [0.2, 0.25) is 0 Å². The molecule has 6 nitrogen and oxygen atoms in total. The van der Waals surface area contributed by atoms with Crippen LogP contribution in [0.3, 0.4) is 0 Å². The number of carbonyl (C=O) groups excluding carboxylic acids is 1. The largest absolute Gasteiger partial charge is 0.434 e. The van der Waals surface area contributed by atoms with E-state index < -0.39 is 29.4 Å². The third kappa shape index (κ3) is 4.42. The van der Waals surface area contributed by atoms with E-state index in [-0.39, 0.29) is 30.6 Å². The molecule has 3 N–H and O–H groups in total. The van der Waals surface area contributed by atoms with Crippen LogP contribution >= 0.6 is 12.4 Å². The van der Waals surface area contributed by atoms with Gasteiger partial charge in [-0.25, -0.2) is 4.68 Å². The Hall–Kier alpha value is -2.10. The summed E-state index contributed by atoms with van der Waals surface area (Å²) in [6, 6.07) is 6.51. The van der Waals surface area contributed by atoms with Crippen LogP contribution in [-0.2, 0) is 6.18 Å². The van der Waals surface area contributed by atoms with Gasteiger partial charge in [0.25, 0.3) is 5.91 Å². The monoisotopic (exact) mass is 404 g/mol. The number of nitrogens with zero attached hydrogens (tertiary/aromatic N) is 2. The number of β-amino-alcohol motifs (C(OH)–C–C–N with tert-alkyl or cyclic N) is 1. The molecule has 0 bridgehead atoms. The molecule has 1 aliphatic heterocycles. The van der Waals surface area contributed by atoms with Crippen molar-refractivity contribution in [2.45, 2.75) is 19.2 Å². The molecule has 2 heterocycles. The minimum absolute atomic E-state index is 0. The summed E-state index contributed by atoms with van der Waals surface area (Å²) in [6.45, 7) is 2.65. The minimum atomic E-state index is -4.75. The molecule has 2 atom stereocenters. The van der Waals surface area contributed by atoms with Gasteiger partial charge in [-0.2, -0.15) is 18.3 Å². The van der Waals surface area contributed by atoms with E-state index in [1.54, 1.807) is 25.1 Å². The Labute approximate surface area is 160 Å². The van der Waals surface area contributed by atoms with E-state index in [2.05, 4.69) is 15.7 Å². The number of benzene rings is 1. The van der Waals surface area contributed by atoms with Crippen LogP contribution in [0.5, 0.6) is 0 Å². The smallest absolute Gasteiger partial charge is 0.391 e. The van der Waals surface area contributed by atoms with Crippen molar-refractivity contribution in [3.05, 3.63) is 47.3 Å². The lowest BCUT2D eigenvalue weighted by Gasteiger charge is -2.16. The fourth-order valence-electron chi connectivity index (χ4n) is 3.02. The van der Waals surface area contributed by atoms with Crippen molar-refractivity contribution in [1.82, 2.24) is 20.4 Å². The highest BCUT2D eigenvalue weighted by atomic mass is 35.5. The number of hydrogen-bond acceptors (Lipinski definition) is 4. The van der Waals surface area contributed by atoms with Crippen molar-refractivity contribution in [2.24, 2.45) is 5.92 Å². The average molecular weight is 405 g/mol. The van der Waals surface area contributed by atoms with Crippen LogP contribution in [0.25, 0.3) is 5.69 Å². The summed E-state index contributed by atoms with van der Waals surface area (Å²) >= 11 is 0. The SMILES string of the molecule is Cc1ccccc1-n1ncc(C(=O)NCC2CNCC2O)c1C(F)(F)F.Cl. The number of aryl methyl sites for hydroxylation is 1. The summed E-state index contributed by atoms with van der Waals surface area (Å²) in [6.07, 6.45) is -4.46. The van der Waals surface area contributed by atoms with Crippen molar-refractivity contribution < 1.29 is 23.1 Å². The van der Waals surface area contributed by atoms with Crippen LogP contribution < -0.4 is 10.6 Å². The van der Waals surface area contributed by atoms with E-state index in [1.807, 2.05) is 0 Å². The molecule has 2 aromatic rings. The molecule has 1 amide bonds.